The van der Waals surface area contributed by atoms with Crippen molar-refractivity contribution in [3.05, 3.63) is 18.0 Å². The maximum absolute atomic E-state index is 6.83. The highest BCUT2D eigenvalue weighted by Gasteiger charge is 1.95. The molecule has 0 radical (unpaired) electrons. The maximum atomic E-state index is 6.83. The van der Waals surface area contributed by atoms with Crippen LogP contribution in [0.25, 0.3) is 0 Å². The minimum Gasteiger partial charge on any atom is -0.287 e. The Morgan fingerprint density at radius 3 is 2.88 bits per heavy atom. The summed E-state index contributed by atoms with van der Waals surface area (Å²) >= 11 is 5.25. The van der Waals surface area contributed by atoms with Crippen LogP contribution in [0.2, 0.25) is 0 Å². The zero-order valence-corrected chi connectivity index (χ0v) is 4.74. The number of hydrogen-bond acceptors (Lipinski definition) is 2. The fourth-order valence-corrected chi connectivity index (χ4v) is 0.488. The van der Waals surface area contributed by atoms with Crippen molar-refractivity contribution in [2.45, 2.75) is 0 Å². The van der Waals surface area contributed by atoms with E-state index in [1.807, 2.05) is 0 Å². The number of halogens is 1. The molecule has 2 N–H and O–H groups in total. The molecule has 0 fully saturated rings. The Morgan fingerprint density at radius 1 is 1.88 bits per heavy atom. The van der Waals surface area contributed by atoms with Crippen LogP contribution in [-0.2, 0) is 0 Å². The van der Waals surface area contributed by atoms with E-state index >= 15 is 0 Å². The van der Waals surface area contributed by atoms with Gasteiger partial charge >= 0.3 is 0 Å². The van der Waals surface area contributed by atoms with Crippen LogP contribution in [0.4, 0.5) is 0 Å². The lowest BCUT2D eigenvalue weighted by Crippen LogP contribution is -1.86. The number of H-pyrrole nitrogens is 1. The molecule has 0 saturated heterocycles. The molecular weight excluding hydrogens is 126 g/mol. The SMILES string of the molecule is N=C(Cl)c1cc[nH]n1. The Bertz CT molecular complexity index is 179. The van der Waals surface area contributed by atoms with Gasteiger partial charge in [-0.3, -0.25) is 10.5 Å². The zero-order chi connectivity index (χ0) is 5.98. The highest BCUT2D eigenvalue weighted by molar-refractivity contribution is 6.68. The number of hydrogen-bond donors (Lipinski definition) is 2. The van der Waals surface area contributed by atoms with Gasteiger partial charge in [0.15, 0.2) is 0 Å². The van der Waals surface area contributed by atoms with E-state index in [9.17, 15) is 0 Å². The van der Waals surface area contributed by atoms with Gasteiger partial charge in [-0.1, -0.05) is 11.6 Å². The molecule has 0 aromatic carbocycles. The fourth-order valence-electron chi connectivity index (χ4n) is 0.383. The first kappa shape index (κ1) is 5.31. The zero-order valence-electron chi connectivity index (χ0n) is 3.98. The molecule has 3 nitrogen and oxygen atoms in total. The number of nitrogens with one attached hydrogen (secondary N) is 2. The molecule has 0 atom stereocenters. The van der Waals surface area contributed by atoms with Gasteiger partial charge in [-0.25, -0.2) is 0 Å². The monoisotopic (exact) mass is 129 g/mol. The van der Waals surface area contributed by atoms with Crippen LogP contribution in [0.3, 0.4) is 0 Å². The molecule has 0 saturated carbocycles. The van der Waals surface area contributed by atoms with Gasteiger partial charge in [-0.05, 0) is 6.07 Å². The van der Waals surface area contributed by atoms with Gasteiger partial charge in [-0.15, -0.1) is 0 Å². The third kappa shape index (κ3) is 0.869. The largest absolute Gasteiger partial charge is 0.287 e. The van der Waals surface area contributed by atoms with E-state index in [0.717, 1.165) is 0 Å². The second kappa shape index (κ2) is 1.96. The first-order valence-corrected chi connectivity index (χ1v) is 2.42. The Hall–Kier alpha value is -0.830. The first-order valence-electron chi connectivity index (χ1n) is 2.05. The highest BCUT2D eigenvalue weighted by Crippen LogP contribution is 1.95. The van der Waals surface area contributed by atoms with E-state index in [0.29, 0.717) is 5.69 Å². The third-order valence-electron chi connectivity index (χ3n) is 0.726. The van der Waals surface area contributed by atoms with Crippen molar-refractivity contribution < 1.29 is 0 Å². The topological polar surface area (TPSA) is 52.5 Å². The predicted molar refractivity (Wildman–Crippen MR) is 31.3 cm³/mol. The molecule has 0 bridgehead atoms. The van der Waals surface area contributed by atoms with Crippen LogP contribution < -0.4 is 0 Å². The summed E-state index contributed by atoms with van der Waals surface area (Å²) in [5, 5.41) is 13.0. The summed E-state index contributed by atoms with van der Waals surface area (Å²) in [7, 11) is 0. The summed E-state index contributed by atoms with van der Waals surface area (Å²) in [5.41, 5.74) is 0.478. The van der Waals surface area contributed by atoms with E-state index in [-0.39, 0.29) is 5.17 Å². The minimum atomic E-state index is -0.0359. The molecule has 0 aliphatic heterocycles. The van der Waals surface area contributed by atoms with Crippen LogP contribution >= 0.6 is 11.6 Å². The molecule has 1 heterocycles. The second-order valence-electron chi connectivity index (χ2n) is 1.27. The maximum Gasteiger partial charge on any atom is 0.148 e. The quantitative estimate of drug-likeness (QED) is 0.546. The summed E-state index contributed by atoms with van der Waals surface area (Å²) in [5.74, 6) is 0. The van der Waals surface area contributed by atoms with E-state index in [4.69, 9.17) is 17.0 Å². The third-order valence-corrected chi connectivity index (χ3v) is 0.919. The van der Waals surface area contributed by atoms with Crippen LogP contribution in [0, 0.1) is 5.41 Å². The molecule has 1 aromatic rings. The number of nitrogens with zero attached hydrogens (tertiary/aromatic N) is 1. The molecule has 8 heavy (non-hydrogen) atoms. The Kier molecular flexibility index (Phi) is 1.30. The Labute approximate surface area is 51.2 Å². The molecule has 0 unspecified atom stereocenters. The summed E-state index contributed by atoms with van der Waals surface area (Å²) in [6, 6.07) is 1.63. The summed E-state index contributed by atoms with van der Waals surface area (Å²) in [4.78, 5) is 0. The number of rotatable bonds is 1. The predicted octanol–water partition coefficient (Wildman–Crippen LogP) is 0.974. The average Bonchev–Trinajstić information content (AvgIpc) is 2.12. The standard InChI is InChI=1S/C4H4ClN3/c5-4(6)3-1-2-7-8-3/h1-2,6H,(H,7,8). The summed E-state index contributed by atoms with van der Waals surface area (Å²) in [6.07, 6.45) is 1.62. The van der Waals surface area contributed by atoms with Gasteiger partial charge in [0.2, 0.25) is 0 Å². The number of aromatic amines is 1. The molecule has 0 aliphatic rings. The molecule has 0 amide bonds. The van der Waals surface area contributed by atoms with Gasteiger partial charge in [-0.2, -0.15) is 5.10 Å². The molecule has 4 heteroatoms. The smallest absolute Gasteiger partial charge is 0.148 e. The lowest BCUT2D eigenvalue weighted by atomic mass is 10.5. The summed E-state index contributed by atoms with van der Waals surface area (Å²) < 4.78 is 0. The average molecular weight is 130 g/mol. The van der Waals surface area contributed by atoms with Crippen molar-refractivity contribution in [3.63, 3.8) is 0 Å². The summed E-state index contributed by atoms with van der Waals surface area (Å²) in [6.45, 7) is 0. The van der Waals surface area contributed by atoms with E-state index in [1.165, 1.54) is 0 Å². The van der Waals surface area contributed by atoms with Crippen LogP contribution in [0.5, 0.6) is 0 Å². The van der Waals surface area contributed by atoms with E-state index in [2.05, 4.69) is 10.2 Å². The van der Waals surface area contributed by atoms with Crippen molar-refractivity contribution in [2.24, 2.45) is 0 Å². The van der Waals surface area contributed by atoms with Crippen molar-refractivity contribution in [1.29, 1.82) is 5.41 Å². The van der Waals surface area contributed by atoms with Crippen molar-refractivity contribution in [2.75, 3.05) is 0 Å². The van der Waals surface area contributed by atoms with Gasteiger partial charge in [0.1, 0.15) is 10.9 Å². The van der Waals surface area contributed by atoms with Gasteiger partial charge in [0, 0.05) is 6.20 Å². The van der Waals surface area contributed by atoms with Gasteiger partial charge < -0.3 is 0 Å². The first-order chi connectivity index (χ1) is 3.80. The Morgan fingerprint density at radius 2 is 2.62 bits per heavy atom. The lowest BCUT2D eigenvalue weighted by molar-refractivity contribution is 1.08. The van der Waals surface area contributed by atoms with Crippen molar-refractivity contribution in [1.82, 2.24) is 10.2 Å². The Balaban J connectivity index is 2.93. The van der Waals surface area contributed by atoms with Crippen molar-refractivity contribution >= 4 is 16.8 Å². The van der Waals surface area contributed by atoms with Crippen LogP contribution in [0.15, 0.2) is 12.3 Å². The molecule has 0 spiro atoms. The van der Waals surface area contributed by atoms with Gasteiger partial charge in [0.05, 0.1) is 0 Å². The molecule has 42 valence electrons. The molecule has 1 rings (SSSR count). The van der Waals surface area contributed by atoms with Gasteiger partial charge in [0.25, 0.3) is 0 Å². The minimum absolute atomic E-state index is 0.0359. The normalized spacial score (nSPS) is 9.12. The van der Waals surface area contributed by atoms with E-state index < -0.39 is 0 Å². The fraction of sp³-hybridized carbons (Fsp3) is 0. The molecular formula is C4H4ClN3. The van der Waals surface area contributed by atoms with Crippen LogP contribution in [0.1, 0.15) is 5.69 Å². The lowest BCUT2D eigenvalue weighted by Gasteiger charge is -1.79. The second-order valence-corrected chi connectivity index (χ2v) is 1.65. The van der Waals surface area contributed by atoms with E-state index in [1.54, 1.807) is 12.3 Å². The number of aromatic nitrogens is 2. The van der Waals surface area contributed by atoms with Crippen LogP contribution in [-0.4, -0.2) is 15.4 Å². The highest BCUT2D eigenvalue weighted by atomic mass is 35.5. The molecule has 1 aromatic heterocycles. The van der Waals surface area contributed by atoms with Crippen molar-refractivity contribution in [3.8, 4) is 0 Å². The molecule has 0 aliphatic carbocycles.